The number of benzene rings is 1. The number of ketones is 1. The van der Waals surface area contributed by atoms with Gasteiger partial charge in [0.25, 0.3) is 0 Å². The molecule has 2 amide bonds. The van der Waals surface area contributed by atoms with Gasteiger partial charge in [-0.3, -0.25) is 4.79 Å². The van der Waals surface area contributed by atoms with E-state index in [-0.39, 0.29) is 18.4 Å². The highest BCUT2D eigenvalue weighted by molar-refractivity contribution is 5.96. The molecule has 5 nitrogen and oxygen atoms in total. The van der Waals surface area contributed by atoms with Crippen LogP contribution in [0.3, 0.4) is 0 Å². The average Bonchev–Trinajstić information content (AvgIpc) is 3.09. The van der Waals surface area contributed by atoms with Crippen molar-refractivity contribution in [2.24, 2.45) is 0 Å². The Kier molecular flexibility index (Phi) is 3.34. The molecular formula is C13H16N2O3. The average molecular weight is 248 g/mol. The summed E-state index contributed by atoms with van der Waals surface area (Å²) in [6.45, 7) is 1.43. The van der Waals surface area contributed by atoms with Gasteiger partial charge >= 0.3 is 6.03 Å². The van der Waals surface area contributed by atoms with Gasteiger partial charge in [-0.25, -0.2) is 4.79 Å². The molecule has 1 aromatic carbocycles. The Morgan fingerprint density at radius 1 is 1.39 bits per heavy atom. The number of nitrogens with one attached hydrogen (secondary N) is 2. The molecule has 0 bridgehead atoms. The van der Waals surface area contributed by atoms with Crippen LogP contribution in [0.5, 0.6) is 0 Å². The summed E-state index contributed by atoms with van der Waals surface area (Å²) in [7, 11) is 0. The lowest BCUT2D eigenvalue weighted by Crippen LogP contribution is -2.42. The van der Waals surface area contributed by atoms with Gasteiger partial charge in [0.05, 0.1) is 12.1 Å². The fourth-order valence-corrected chi connectivity index (χ4v) is 1.69. The van der Waals surface area contributed by atoms with Crippen molar-refractivity contribution in [3.63, 3.8) is 0 Å². The van der Waals surface area contributed by atoms with E-state index in [4.69, 9.17) is 5.11 Å². The van der Waals surface area contributed by atoms with Crippen molar-refractivity contribution in [3.05, 3.63) is 29.8 Å². The minimum absolute atomic E-state index is 0.0477. The highest BCUT2D eigenvalue weighted by Crippen LogP contribution is 2.34. The molecule has 0 radical (unpaired) electrons. The lowest BCUT2D eigenvalue weighted by atomic mass is 10.1. The van der Waals surface area contributed by atoms with Crippen molar-refractivity contribution in [2.45, 2.75) is 25.3 Å². The minimum Gasteiger partial charge on any atom is -0.394 e. The summed E-state index contributed by atoms with van der Waals surface area (Å²) >= 11 is 0. The molecule has 3 N–H and O–H groups in total. The lowest BCUT2D eigenvalue weighted by Gasteiger charge is -2.15. The SMILES string of the molecule is CC(=O)c1cccc(NC(=O)NC2(CO)CC2)c1. The van der Waals surface area contributed by atoms with Crippen molar-refractivity contribution in [1.29, 1.82) is 0 Å². The molecule has 0 unspecified atom stereocenters. The number of hydrogen-bond donors (Lipinski definition) is 3. The summed E-state index contributed by atoms with van der Waals surface area (Å²) < 4.78 is 0. The van der Waals surface area contributed by atoms with Gasteiger partial charge in [-0.15, -0.1) is 0 Å². The molecule has 1 aliphatic rings. The van der Waals surface area contributed by atoms with E-state index in [9.17, 15) is 9.59 Å². The molecule has 0 aliphatic heterocycles. The first-order valence-corrected chi connectivity index (χ1v) is 5.86. The molecule has 2 rings (SSSR count). The van der Waals surface area contributed by atoms with Crippen LogP contribution < -0.4 is 10.6 Å². The van der Waals surface area contributed by atoms with Crippen LogP contribution in [0.2, 0.25) is 0 Å². The van der Waals surface area contributed by atoms with Crippen molar-refractivity contribution in [1.82, 2.24) is 5.32 Å². The molecule has 1 saturated carbocycles. The molecule has 1 aromatic rings. The van der Waals surface area contributed by atoms with E-state index in [2.05, 4.69) is 10.6 Å². The van der Waals surface area contributed by atoms with Gasteiger partial charge in [0.2, 0.25) is 0 Å². The third-order valence-corrected chi connectivity index (χ3v) is 3.06. The van der Waals surface area contributed by atoms with E-state index in [1.54, 1.807) is 24.3 Å². The van der Waals surface area contributed by atoms with Crippen LogP contribution in [0.15, 0.2) is 24.3 Å². The number of amides is 2. The number of rotatable bonds is 4. The number of hydrogen-bond acceptors (Lipinski definition) is 3. The number of carbonyl (C=O) groups excluding carboxylic acids is 2. The quantitative estimate of drug-likeness (QED) is 0.707. The van der Waals surface area contributed by atoms with Gasteiger partial charge in [-0.05, 0) is 31.9 Å². The largest absolute Gasteiger partial charge is 0.394 e. The molecule has 5 heteroatoms. The second-order valence-corrected chi connectivity index (χ2v) is 4.65. The number of aliphatic hydroxyl groups excluding tert-OH is 1. The van der Waals surface area contributed by atoms with E-state index in [0.717, 1.165) is 12.8 Å². The Hall–Kier alpha value is -1.88. The van der Waals surface area contributed by atoms with Crippen molar-refractivity contribution < 1.29 is 14.7 Å². The molecule has 96 valence electrons. The number of urea groups is 1. The fraction of sp³-hybridized carbons (Fsp3) is 0.385. The Morgan fingerprint density at radius 2 is 2.11 bits per heavy atom. The van der Waals surface area contributed by atoms with Crippen LogP contribution in [0.25, 0.3) is 0 Å². The minimum atomic E-state index is -0.442. The molecule has 0 heterocycles. The normalized spacial score (nSPS) is 15.9. The molecule has 18 heavy (non-hydrogen) atoms. The fourth-order valence-electron chi connectivity index (χ4n) is 1.69. The number of aliphatic hydroxyl groups is 1. The standard InChI is InChI=1S/C13H16N2O3/c1-9(17)10-3-2-4-11(7-10)14-12(18)15-13(8-16)5-6-13/h2-4,7,16H,5-6,8H2,1H3,(H2,14,15,18). The maximum absolute atomic E-state index is 11.7. The van der Waals surface area contributed by atoms with Gasteiger partial charge in [0.15, 0.2) is 5.78 Å². The molecule has 0 spiro atoms. The zero-order valence-corrected chi connectivity index (χ0v) is 10.2. The first-order chi connectivity index (χ1) is 8.54. The second-order valence-electron chi connectivity index (χ2n) is 4.65. The van der Waals surface area contributed by atoms with E-state index < -0.39 is 5.54 Å². The maximum Gasteiger partial charge on any atom is 0.319 e. The van der Waals surface area contributed by atoms with Gasteiger partial charge in [0, 0.05) is 11.3 Å². The van der Waals surface area contributed by atoms with Gasteiger partial charge < -0.3 is 15.7 Å². The van der Waals surface area contributed by atoms with Gasteiger partial charge in [-0.1, -0.05) is 12.1 Å². The molecule has 0 aromatic heterocycles. The first kappa shape index (κ1) is 12.6. The molecule has 1 fully saturated rings. The van der Waals surface area contributed by atoms with Crippen LogP contribution in [0, 0.1) is 0 Å². The van der Waals surface area contributed by atoms with Gasteiger partial charge in [0.1, 0.15) is 0 Å². The molecular weight excluding hydrogens is 232 g/mol. The molecule has 0 saturated heterocycles. The van der Waals surface area contributed by atoms with Gasteiger partial charge in [-0.2, -0.15) is 0 Å². The summed E-state index contributed by atoms with van der Waals surface area (Å²) in [6, 6.07) is 6.39. The first-order valence-electron chi connectivity index (χ1n) is 5.86. The number of anilines is 1. The third kappa shape index (κ3) is 2.87. The summed E-state index contributed by atoms with van der Waals surface area (Å²) in [5, 5.41) is 14.5. The van der Waals surface area contributed by atoms with Crippen molar-refractivity contribution >= 4 is 17.5 Å². The smallest absolute Gasteiger partial charge is 0.319 e. The predicted molar refractivity (Wildman–Crippen MR) is 67.7 cm³/mol. The predicted octanol–water partition coefficient (Wildman–Crippen LogP) is 1.54. The Bertz CT molecular complexity index is 481. The molecule has 0 atom stereocenters. The van der Waals surface area contributed by atoms with Crippen molar-refractivity contribution in [3.8, 4) is 0 Å². The zero-order valence-electron chi connectivity index (χ0n) is 10.2. The van der Waals surface area contributed by atoms with Crippen LogP contribution >= 0.6 is 0 Å². The van der Waals surface area contributed by atoms with E-state index in [1.807, 2.05) is 0 Å². The lowest BCUT2D eigenvalue weighted by molar-refractivity contribution is 0.101. The Labute approximate surface area is 105 Å². The number of carbonyl (C=O) groups is 2. The Morgan fingerprint density at radius 3 is 2.67 bits per heavy atom. The van der Waals surface area contributed by atoms with Crippen LogP contribution in [0.1, 0.15) is 30.1 Å². The highest BCUT2D eigenvalue weighted by atomic mass is 16.3. The topological polar surface area (TPSA) is 78.4 Å². The second kappa shape index (κ2) is 4.78. The summed E-state index contributed by atoms with van der Waals surface area (Å²) in [5.74, 6) is -0.0481. The molecule has 1 aliphatic carbocycles. The monoisotopic (exact) mass is 248 g/mol. The van der Waals surface area contributed by atoms with E-state index >= 15 is 0 Å². The van der Waals surface area contributed by atoms with Crippen molar-refractivity contribution in [2.75, 3.05) is 11.9 Å². The highest BCUT2D eigenvalue weighted by Gasteiger charge is 2.43. The van der Waals surface area contributed by atoms with E-state index in [0.29, 0.717) is 11.3 Å². The summed E-state index contributed by atoms with van der Waals surface area (Å²) in [4.78, 5) is 22.9. The Balaban J connectivity index is 1.98. The summed E-state index contributed by atoms with van der Waals surface area (Å²) in [5.41, 5.74) is 0.674. The maximum atomic E-state index is 11.7. The summed E-state index contributed by atoms with van der Waals surface area (Å²) in [6.07, 6.45) is 1.59. The van der Waals surface area contributed by atoms with Crippen LogP contribution in [-0.2, 0) is 0 Å². The van der Waals surface area contributed by atoms with Crippen LogP contribution in [-0.4, -0.2) is 29.1 Å². The third-order valence-electron chi connectivity index (χ3n) is 3.06. The number of Topliss-reactive ketones (excluding diaryl/α,β-unsaturated/α-hetero) is 1. The van der Waals surface area contributed by atoms with E-state index in [1.165, 1.54) is 6.92 Å². The van der Waals surface area contributed by atoms with Crippen LogP contribution in [0.4, 0.5) is 10.5 Å². The zero-order chi connectivity index (χ0) is 13.2.